The van der Waals surface area contributed by atoms with Crippen molar-refractivity contribution in [2.75, 3.05) is 0 Å². The molecule has 0 aliphatic carbocycles. The molecule has 1 unspecified atom stereocenters. The Morgan fingerprint density at radius 2 is 1.56 bits per heavy atom. The van der Waals surface area contributed by atoms with Crippen molar-refractivity contribution in [1.82, 2.24) is 0 Å². The van der Waals surface area contributed by atoms with Crippen LogP contribution >= 0.6 is 23.2 Å². The standard InChI is InChI=1S/C13H7Cl2F3/c14-7-1-3-9(12(18)5-7)13(15)10-6-8(16)2-4-11(10)17/h1-6,13H. The molecule has 0 bridgehead atoms. The molecule has 0 saturated heterocycles. The smallest absolute Gasteiger partial charge is 0.129 e. The van der Waals surface area contributed by atoms with Gasteiger partial charge >= 0.3 is 0 Å². The van der Waals surface area contributed by atoms with Crippen LogP contribution in [0.3, 0.4) is 0 Å². The fourth-order valence-electron chi connectivity index (χ4n) is 1.58. The summed E-state index contributed by atoms with van der Waals surface area (Å²) in [7, 11) is 0. The molecule has 0 nitrogen and oxygen atoms in total. The highest BCUT2D eigenvalue weighted by Crippen LogP contribution is 2.33. The summed E-state index contributed by atoms with van der Waals surface area (Å²) in [5.41, 5.74) is -0.0662. The molecule has 0 heterocycles. The van der Waals surface area contributed by atoms with Crippen LogP contribution in [0, 0.1) is 17.5 Å². The van der Waals surface area contributed by atoms with Gasteiger partial charge in [0.15, 0.2) is 0 Å². The van der Waals surface area contributed by atoms with Crippen molar-refractivity contribution in [3.63, 3.8) is 0 Å². The summed E-state index contributed by atoms with van der Waals surface area (Å²) in [5, 5.41) is -0.905. The fraction of sp³-hybridized carbons (Fsp3) is 0.0769. The van der Waals surface area contributed by atoms with E-state index in [1.54, 1.807) is 0 Å². The van der Waals surface area contributed by atoms with Gasteiger partial charge in [0.25, 0.3) is 0 Å². The van der Waals surface area contributed by atoms with Crippen molar-refractivity contribution < 1.29 is 13.2 Å². The molecule has 94 valence electrons. The topological polar surface area (TPSA) is 0 Å². The Bertz CT molecular complexity index is 584. The molecule has 2 rings (SSSR count). The molecule has 2 aromatic rings. The summed E-state index contributed by atoms with van der Waals surface area (Å²) in [6, 6.07) is 6.73. The lowest BCUT2D eigenvalue weighted by Crippen LogP contribution is -2.00. The van der Waals surface area contributed by atoms with E-state index in [9.17, 15) is 13.2 Å². The quantitative estimate of drug-likeness (QED) is 0.676. The van der Waals surface area contributed by atoms with E-state index >= 15 is 0 Å². The van der Waals surface area contributed by atoms with E-state index < -0.39 is 22.8 Å². The first-order chi connectivity index (χ1) is 8.49. The van der Waals surface area contributed by atoms with Crippen molar-refractivity contribution in [2.45, 2.75) is 5.38 Å². The maximum absolute atomic E-state index is 13.6. The first-order valence-corrected chi connectivity index (χ1v) is 5.84. The van der Waals surface area contributed by atoms with Crippen LogP contribution in [0.15, 0.2) is 36.4 Å². The minimum absolute atomic E-state index is 0.0468. The summed E-state index contributed by atoms with van der Waals surface area (Å²) < 4.78 is 40.2. The Kier molecular flexibility index (Phi) is 3.83. The van der Waals surface area contributed by atoms with Gasteiger partial charge in [-0.3, -0.25) is 0 Å². The maximum atomic E-state index is 13.6. The highest BCUT2D eigenvalue weighted by Gasteiger charge is 2.19. The van der Waals surface area contributed by atoms with E-state index in [0.29, 0.717) is 0 Å². The Labute approximate surface area is 112 Å². The predicted octanol–water partition coefficient (Wildman–Crippen LogP) is 5.09. The lowest BCUT2D eigenvalue weighted by atomic mass is 10.0. The van der Waals surface area contributed by atoms with E-state index in [1.165, 1.54) is 12.1 Å². The van der Waals surface area contributed by atoms with Crippen LogP contribution in [0.5, 0.6) is 0 Å². The van der Waals surface area contributed by atoms with Crippen LogP contribution in [0.2, 0.25) is 5.02 Å². The average Bonchev–Trinajstić information content (AvgIpc) is 2.31. The highest BCUT2D eigenvalue weighted by atomic mass is 35.5. The second-order valence-electron chi connectivity index (χ2n) is 3.69. The molecule has 2 aromatic carbocycles. The third kappa shape index (κ3) is 2.62. The molecule has 18 heavy (non-hydrogen) atoms. The Balaban J connectivity index is 2.47. The van der Waals surface area contributed by atoms with Gasteiger partial charge in [-0.2, -0.15) is 0 Å². The van der Waals surface area contributed by atoms with Crippen molar-refractivity contribution in [3.8, 4) is 0 Å². The number of rotatable bonds is 2. The molecule has 0 amide bonds. The van der Waals surface area contributed by atoms with Crippen LogP contribution in [0.4, 0.5) is 13.2 Å². The van der Waals surface area contributed by atoms with Gasteiger partial charge in [-0.25, -0.2) is 13.2 Å². The van der Waals surface area contributed by atoms with E-state index in [0.717, 1.165) is 24.3 Å². The number of hydrogen-bond acceptors (Lipinski definition) is 0. The minimum Gasteiger partial charge on any atom is -0.207 e. The fourth-order valence-corrected chi connectivity index (χ4v) is 2.09. The second-order valence-corrected chi connectivity index (χ2v) is 4.57. The highest BCUT2D eigenvalue weighted by molar-refractivity contribution is 6.30. The third-order valence-corrected chi connectivity index (χ3v) is 3.17. The second kappa shape index (κ2) is 5.21. The number of alkyl halides is 1. The lowest BCUT2D eigenvalue weighted by Gasteiger charge is -2.12. The normalized spacial score (nSPS) is 12.5. The molecule has 0 aromatic heterocycles. The van der Waals surface area contributed by atoms with Crippen LogP contribution < -0.4 is 0 Å². The average molecular weight is 291 g/mol. The van der Waals surface area contributed by atoms with Gasteiger partial charge in [0, 0.05) is 16.1 Å². The van der Waals surface area contributed by atoms with Crippen molar-refractivity contribution in [3.05, 3.63) is 70.0 Å². The Morgan fingerprint density at radius 1 is 0.833 bits per heavy atom. The number of benzene rings is 2. The summed E-state index contributed by atoms with van der Waals surface area (Å²) in [6.45, 7) is 0. The molecule has 0 spiro atoms. The monoisotopic (exact) mass is 290 g/mol. The molecule has 0 saturated carbocycles. The Morgan fingerprint density at radius 3 is 2.22 bits per heavy atom. The van der Waals surface area contributed by atoms with Gasteiger partial charge in [-0.1, -0.05) is 17.7 Å². The zero-order valence-electron chi connectivity index (χ0n) is 8.93. The first-order valence-electron chi connectivity index (χ1n) is 5.03. The van der Waals surface area contributed by atoms with E-state index in [1.807, 2.05) is 0 Å². The van der Waals surface area contributed by atoms with Gasteiger partial charge in [0.2, 0.25) is 0 Å². The number of halogens is 5. The molecular weight excluding hydrogens is 284 g/mol. The zero-order chi connectivity index (χ0) is 13.3. The SMILES string of the molecule is Fc1ccc(F)c(C(Cl)c2ccc(Cl)cc2F)c1. The molecule has 0 radical (unpaired) electrons. The largest absolute Gasteiger partial charge is 0.207 e. The summed E-state index contributed by atoms with van der Waals surface area (Å²) in [5.74, 6) is -1.98. The molecule has 0 aliphatic rings. The van der Waals surface area contributed by atoms with Gasteiger partial charge in [0.1, 0.15) is 17.5 Å². The third-order valence-electron chi connectivity index (χ3n) is 2.47. The van der Waals surface area contributed by atoms with Crippen molar-refractivity contribution >= 4 is 23.2 Å². The van der Waals surface area contributed by atoms with Gasteiger partial charge in [0.05, 0.1) is 5.38 Å². The summed E-state index contributed by atoms with van der Waals surface area (Å²) >= 11 is 11.6. The molecule has 1 atom stereocenters. The van der Waals surface area contributed by atoms with Crippen LogP contribution in [-0.2, 0) is 0 Å². The van der Waals surface area contributed by atoms with Crippen LogP contribution in [0.25, 0.3) is 0 Å². The molecule has 5 heteroatoms. The molecular formula is C13H7Cl2F3. The zero-order valence-corrected chi connectivity index (χ0v) is 10.4. The first kappa shape index (κ1) is 13.2. The summed E-state index contributed by atoms with van der Waals surface area (Å²) in [6.07, 6.45) is 0. The minimum atomic E-state index is -1.11. The van der Waals surface area contributed by atoms with E-state index in [2.05, 4.69) is 0 Å². The van der Waals surface area contributed by atoms with E-state index in [4.69, 9.17) is 23.2 Å². The van der Waals surface area contributed by atoms with Gasteiger partial charge in [-0.15, -0.1) is 11.6 Å². The van der Waals surface area contributed by atoms with E-state index in [-0.39, 0.29) is 16.1 Å². The predicted molar refractivity (Wildman–Crippen MR) is 65.5 cm³/mol. The molecule has 0 aliphatic heterocycles. The van der Waals surface area contributed by atoms with Crippen molar-refractivity contribution in [1.29, 1.82) is 0 Å². The van der Waals surface area contributed by atoms with Crippen LogP contribution in [0.1, 0.15) is 16.5 Å². The van der Waals surface area contributed by atoms with Gasteiger partial charge in [-0.05, 0) is 30.3 Å². The summed E-state index contributed by atoms with van der Waals surface area (Å²) in [4.78, 5) is 0. The Hall–Kier alpha value is -1.19. The van der Waals surface area contributed by atoms with Gasteiger partial charge < -0.3 is 0 Å². The van der Waals surface area contributed by atoms with Crippen molar-refractivity contribution in [2.24, 2.45) is 0 Å². The lowest BCUT2D eigenvalue weighted by molar-refractivity contribution is 0.580. The molecule has 0 N–H and O–H groups in total. The van der Waals surface area contributed by atoms with Crippen LogP contribution in [-0.4, -0.2) is 0 Å². The number of hydrogen-bond donors (Lipinski definition) is 0. The molecule has 0 fully saturated rings. The maximum Gasteiger partial charge on any atom is 0.129 e.